The van der Waals surface area contributed by atoms with Crippen molar-refractivity contribution in [3.05, 3.63) is 84.3 Å². The number of carbonyl (C=O) groups excluding carboxylic acids is 1. The van der Waals surface area contributed by atoms with Crippen molar-refractivity contribution < 1.29 is 30.0 Å². The van der Waals surface area contributed by atoms with Crippen molar-refractivity contribution in [3.63, 3.8) is 0 Å². The number of allylic oxidation sites excluding steroid dienone is 2. The summed E-state index contributed by atoms with van der Waals surface area (Å²) >= 11 is 0. The van der Waals surface area contributed by atoms with E-state index in [9.17, 15) is 9.90 Å². The Morgan fingerprint density at radius 3 is 2.24 bits per heavy atom. The average molecular weight is 686 g/mol. The number of nitrogens with zero attached hydrogens (tertiary/aromatic N) is 2. The van der Waals surface area contributed by atoms with Crippen molar-refractivity contribution in [2.45, 2.75) is 60.3 Å². The standard InChI is InChI=1S/C20H13N2.C13H24O2.Ir/c1-13-14-7-4-5-10-17(14)22-18-11-6-12-21-19(18)15-8-2-3-9-16(15)20(13)22;1-5-10(6-2)12(14)9-13(15)11(7-3)8-4;/h2-7,9-12H,1H3;9-11,14H,5-8H2,1-4H3;/q-1;;/b;12-9-;. The second-order valence-electron chi connectivity index (χ2n) is 9.65. The first-order chi connectivity index (χ1) is 18.0. The van der Waals surface area contributed by atoms with Gasteiger partial charge >= 0.3 is 0 Å². The largest absolute Gasteiger partial charge is 0.512 e. The number of ketones is 1. The SMILES string of the molecule is CCC(CC)C(=O)/C=C(\O)C(CC)CC.Cc1c2ccccc2n2c3cccnc3c3[c-]cccc3c12.[Ir]. The van der Waals surface area contributed by atoms with Gasteiger partial charge in [0, 0.05) is 66.2 Å². The summed E-state index contributed by atoms with van der Waals surface area (Å²) in [6.07, 6.45) is 6.76. The minimum Gasteiger partial charge on any atom is -0.512 e. The summed E-state index contributed by atoms with van der Waals surface area (Å²) < 4.78 is 2.34. The fourth-order valence-electron chi connectivity index (χ4n) is 5.35. The van der Waals surface area contributed by atoms with Crippen LogP contribution in [0.3, 0.4) is 0 Å². The van der Waals surface area contributed by atoms with E-state index in [1.54, 1.807) is 0 Å². The third-order valence-corrected chi connectivity index (χ3v) is 7.59. The molecule has 0 saturated heterocycles. The summed E-state index contributed by atoms with van der Waals surface area (Å²) in [5.41, 5.74) is 5.95. The zero-order valence-corrected chi connectivity index (χ0v) is 25.3. The molecule has 3 heterocycles. The second-order valence-corrected chi connectivity index (χ2v) is 9.65. The first-order valence-corrected chi connectivity index (χ1v) is 13.5. The molecule has 0 fully saturated rings. The number of aromatic nitrogens is 2. The van der Waals surface area contributed by atoms with Gasteiger partial charge in [0.2, 0.25) is 0 Å². The molecule has 0 spiro atoms. The van der Waals surface area contributed by atoms with Gasteiger partial charge in [0.1, 0.15) is 0 Å². The number of pyridine rings is 2. The number of carbonyl (C=O) groups is 1. The first-order valence-electron chi connectivity index (χ1n) is 13.5. The van der Waals surface area contributed by atoms with E-state index in [0.29, 0.717) is 0 Å². The topological polar surface area (TPSA) is 54.6 Å². The van der Waals surface area contributed by atoms with Crippen LogP contribution in [0, 0.1) is 24.8 Å². The normalized spacial score (nSPS) is 11.8. The predicted octanol–water partition coefficient (Wildman–Crippen LogP) is 8.77. The molecule has 0 atom stereocenters. The molecule has 2 aromatic carbocycles. The quantitative estimate of drug-likeness (QED) is 0.0807. The van der Waals surface area contributed by atoms with Gasteiger partial charge in [-0.3, -0.25) is 4.79 Å². The molecule has 38 heavy (non-hydrogen) atoms. The molecule has 0 aliphatic heterocycles. The zero-order valence-electron chi connectivity index (χ0n) is 22.9. The van der Waals surface area contributed by atoms with Crippen molar-refractivity contribution in [1.82, 2.24) is 9.38 Å². The van der Waals surface area contributed by atoms with Gasteiger partial charge < -0.3 is 14.5 Å². The van der Waals surface area contributed by atoms with E-state index in [-0.39, 0.29) is 43.5 Å². The molecule has 0 aliphatic carbocycles. The Kier molecular flexibility index (Phi) is 10.2. The maximum Gasteiger partial charge on any atom is 0.162 e. The monoisotopic (exact) mass is 686 g/mol. The molecule has 0 bridgehead atoms. The Hall–Kier alpha value is -3.01. The number of aryl methyl sites for hydroxylation is 1. The minimum absolute atomic E-state index is 0. The van der Waals surface area contributed by atoms with E-state index < -0.39 is 0 Å². The molecule has 0 unspecified atom stereocenters. The maximum atomic E-state index is 11.7. The molecule has 0 aliphatic rings. The predicted molar refractivity (Wildman–Crippen MR) is 155 cm³/mol. The molecular weight excluding hydrogens is 649 g/mol. The van der Waals surface area contributed by atoms with Gasteiger partial charge in [0.05, 0.1) is 11.3 Å². The van der Waals surface area contributed by atoms with Gasteiger partial charge in [0.15, 0.2) is 5.78 Å². The second kappa shape index (κ2) is 13.2. The smallest absolute Gasteiger partial charge is 0.162 e. The number of benzene rings is 2. The van der Waals surface area contributed by atoms with Gasteiger partial charge in [-0.1, -0.05) is 51.3 Å². The van der Waals surface area contributed by atoms with Crippen LogP contribution in [0.2, 0.25) is 0 Å². The van der Waals surface area contributed by atoms with Gasteiger partial charge in [-0.05, 0) is 56.4 Å². The van der Waals surface area contributed by atoms with Crippen LogP contribution in [0.1, 0.15) is 58.9 Å². The molecule has 5 heteroatoms. The Morgan fingerprint density at radius 2 is 1.55 bits per heavy atom. The van der Waals surface area contributed by atoms with E-state index >= 15 is 0 Å². The van der Waals surface area contributed by atoms with Crippen LogP contribution < -0.4 is 0 Å². The summed E-state index contributed by atoms with van der Waals surface area (Å²) in [6, 6.07) is 22.3. The van der Waals surface area contributed by atoms with E-state index in [1.807, 2.05) is 52.1 Å². The number of aliphatic hydroxyl groups is 1. The van der Waals surface area contributed by atoms with Crippen LogP contribution in [-0.4, -0.2) is 20.3 Å². The summed E-state index contributed by atoms with van der Waals surface area (Å²) in [5.74, 6) is 0.547. The maximum absolute atomic E-state index is 11.7. The summed E-state index contributed by atoms with van der Waals surface area (Å²) in [4.78, 5) is 16.3. The van der Waals surface area contributed by atoms with Crippen LogP contribution in [0.25, 0.3) is 38.2 Å². The molecule has 0 amide bonds. The number of hydrogen-bond donors (Lipinski definition) is 1. The molecule has 5 aromatic rings. The van der Waals surface area contributed by atoms with E-state index in [2.05, 4.69) is 58.8 Å². The molecule has 1 radical (unpaired) electrons. The van der Waals surface area contributed by atoms with E-state index in [4.69, 9.17) is 0 Å². The van der Waals surface area contributed by atoms with Gasteiger partial charge in [-0.15, -0.1) is 29.7 Å². The fraction of sp³-hybridized carbons (Fsp3) is 0.333. The third-order valence-electron chi connectivity index (χ3n) is 7.59. The van der Waals surface area contributed by atoms with Crippen LogP contribution in [0.15, 0.2) is 72.6 Å². The first kappa shape index (κ1) is 29.5. The van der Waals surface area contributed by atoms with Gasteiger partial charge in [-0.2, -0.15) is 0 Å². The molecule has 5 rings (SSSR count). The Morgan fingerprint density at radius 1 is 0.921 bits per heavy atom. The van der Waals surface area contributed by atoms with Crippen LogP contribution in [0.4, 0.5) is 0 Å². The molecule has 1 N–H and O–H groups in total. The van der Waals surface area contributed by atoms with Crippen molar-refractivity contribution in [3.8, 4) is 0 Å². The van der Waals surface area contributed by atoms with Gasteiger partial charge in [-0.25, -0.2) is 0 Å². The van der Waals surface area contributed by atoms with Crippen molar-refractivity contribution in [2.24, 2.45) is 11.8 Å². The van der Waals surface area contributed by atoms with Crippen LogP contribution in [-0.2, 0) is 24.9 Å². The summed E-state index contributed by atoms with van der Waals surface area (Å²) in [7, 11) is 0. The Labute approximate surface area is 239 Å². The van der Waals surface area contributed by atoms with Crippen molar-refractivity contribution >= 4 is 44.0 Å². The van der Waals surface area contributed by atoms with E-state index in [0.717, 1.165) is 42.1 Å². The number of fused-ring (bicyclic) bond motifs is 8. The molecule has 4 nitrogen and oxygen atoms in total. The summed E-state index contributed by atoms with van der Waals surface area (Å²) in [6.45, 7) is 10.3. The molecule has 3 aromatic heterocycles. The number of rotatable bonds is 7. The zero-order chi connectivity index (χ0) is 26.5. The minimum atomic E-state index is 0. The fourth-order valence-corrected chi connectivity index (χ4v) is 5.35. The molecular formula is C33H37IrN2O2-. The Bertz CT molecular complexity index is 1580. The van der Waals surface area contributed by atoms with Gasteiger partial charge in [0.25, 0.3) is 0 Å². The number of hydrogen-bond acceptors (Lipinski definition) is 3. The molecule has 201 valence electrons. The van der Waals surface area contributed by atoms with Crippen LogP contribution in [0.5, 0.6) is 0 Å². The third kappa shape index (κ3) is 5.55. The van der Waals surface area contributed by atoms with Crippen molar-refractivity contribution in [2.75, 3.05) is 0 Å². The Balaban J connectivity index is 0.000000223. The van der Waals surface area contributed by atoms with Crippen molar-refractivity contribution in [1.29, 1.82) is 0 Å². The number of para-hydroxylation sites is 1. The average Bonchev–Trinajstić information content (AvgIpc) is 3.23. The molecule has 0 saturated carbocycles. The van der Waals surface area contributed by atoms with Crippen LogP contribution >= 0.6 is 0 Å². The van der Waals surface area contributed by atoms with E-state index in [1.165, 1.54) is 33.4 Å². The number of aliphatic hydroxyl groups excluding tert-OH is 1. The summed E-state index contributed by atoms with van der Waals surface area (Å²) in [5, 5.41) is 13.4.